The van der Waals surface area contributed by atoms with Crippen LogP contribution in [-0.2, 0) is 11.3 Å². The topological polar surface area (TPSA) is 68.6 Å². The molecule has 1 aliphatic rings. The summed E-state index contributed by atoms with van der Waals surface area (Å²) in [5, 5.41) is 7.20. The predicted molar refractivity (Wildman–Crippen MR) is 95.0 cm³/mol. The van der Waals surface area contributed by atoms with Gasteiger partial charge in [-0.2, -0.15) is 5.10 Å². The number of amides is 1. The first-order valence-electron chi connectivity index (χ1n) is 8.42. The Hall–Kier alpha value is -2.54. The molecule has 0 saturated carbocycles. The lowest BCUT2D eigenvalue weighted by Gasteiger charge is -2.23. The molecule has 0 spiro atoms. The second kappa shape index (κ2) is 8.02. The number of benzene rings is 1. The standard InChI is InChI=1S/C18H24N4O3/c1-24-16-9-14(10-17(11-16)25-2)20-18(23)13-21-7-3-5-15(21)12-22-8-4-6-19-22/h4,6,8-11,15H,3,5,7,12-13H2,1-2H3,(H,20,23)/t15-/m1/s1. The van der Waals surface area contributed by atoms with Crippen molar-refractivity contribution in [2.24, 2.45) is 0 Å². The van der Waals surface area contributed by atoms with Crippen molar-refractivity contribution in [1.29, 1.82) is 0 Å². The summed E-state index contributed by atoms with van der Waals surface area (Å²) in [5.74, 6) is 1.25. The zero-order valence-corrected chi connectivity index (χ0v) is 14.6. The molecule has 25 heavy (non-hydrogen) atoms. The fourth-order valence-electron chi connectivity index (χ4n) is 3.20. The number of hydrogen-bond acceptors (Lipinski definition) is 5. The molecular weight excluding hydrogens is 320 g/mol. The van der Waals surface area contributed by atoms with E-state index in [9.17, 15) is 4.79 Å². The van der Waals surface area contributed by atoms with Crippen molar-refractivity contribution in [1.82, 2.24) is 14.7 Å². The summed E-state index contributed by atoms with van der Waals surface area (Å²) in [6.45, 7) is 2.11. The highest BCUT2D eigenvalue weighted by Gasteiger charge is 2.26. The lowest BCUT2D eigenvalue weighted by molar-refractivity contribution is -0.117. The number of ether oxygens (including phenoxy) is 2. The molecule has 0 unspecified atom stereocenters. The minimum atomic E-state index is -0.0392. The van der Waals surface area contributed by atoms with Gasteiger partial charge in [-0.25, -0.2) is 0 Å². The highest BCUT2D eigenvalue weighted by atomic mass is 16.5. The number of likely N-dealkylation sites (tertiary alicyclic amines) is 1. The average molecular weight is 344 g/mol. The van der Waals surface area contributed by atoms with E-state index in [0.717, 1.165) is 25.9 Å². The van der Waals surface area contributed by atoms with E-state index in [-0.39, 0.29) is 5.91 Å². The summed E-state index contributed by atoms with van der Waals surface area (Å²) < 4.78 is 12.4. The van der Waals surface area contributed by atoms with Gasteiger partial charge in [0.1, 0.15) is 11.5 Å². The molecule has 1 fully saturated rings. The number of nitrogens with one attached hydrogen (secondary N) is 1. The second-order valence-corrected chi connectivity index (χ2v) is 6.14. The Balaban J connectivity index is 1.60. The largest absolute Gasteiger partial charge is 0.497 e. The van der Waals surface area contributed by atoms with E-state index in [2.05, 4.69) is 15.3 Å². The smallest absolute Gasteiger partial charge is 0.238 e. The monoisotopic (exact) mass is 344 g/mol. The van der Waals surface area contributed by atoms with Gasteiger partial charge in [-0.1, -0.05) is 0 Å². The summed E-state index contributed by atoms with van der Waals surface area (Å²) in [7, 11) is 3.18. The van der Waals surface area contributed by atoms with E-state index in [1.54, 1.807) is 38.6 Å². The van der Waals surface area contributed by atoms with Crippen LogP contribution in [0.2, 0.25) is 0 Å². The quantitative estimate of drug-likeness (QED) is 0.832. The lowest BCUT2D eigenvalue weighted by atomic mass is 10.2. The second-order valence-electron chi connectivity index (χ2n) is 6.14. The molecule has 1 N–H and O–H groups in total. The Morgan fingerprint density at radius 2 is 2.04 bits per heavy atom. The van der Waals surface area contributed by atoms with Gasteiger partial charge in [0.15, 0.2) is 0 Å². The molecule has 2 heterocycles. The van der Waals surface area contributed by atoms with E-state index in [0.29, 0.717) is 29.8 Å². The third-order valence-electron chi connectivity index (χ3n) is 4.44. The van der Waals surface area contributed by atoms with Crippen molar-refractivity contribution in [3.8, 4) is 11.5 Å². The lowest BCUT2D eigenvalue weighted by Crippen LogP contribution is -2.39. The van der Waals surface area contributed by atoms with Gasteiger partial charge in [0, 0.05) is 42.3 Å². The molecule has 1 aromatic heterocycles. The molecule has 0 aliphatic carbocycles. The zero-order chi connectivity index (χ0) is 17.6. The minimum absolute atomic E-state index is 0.0392. The molecule has 1 atom stereocenters. The van der Waals surface area contributed by atoms with E-state index < -0.39 is 0 Å². The van der Waals surface area contributed by atoms with Crippen molar-refractivity contribution in [2.75, 3.05) is 32.6 Å². The molecule has 3 rings (SSSR count). The first-order chi connectivity index (χ1) is 12.2. The summed E-state index contributed by atoms with van der Waals surface area (Å²) in [6.07, 6.45) is 5.92. The van der Waals surface area contributed by atoms with Gasteiger partial charge in [0.2, 0.25) is 5.91 Å². The van der Waals surface area contributed by atoms with Crippen molar-refractivity contribution in [2.45, 2.75) is 25.4 Å². The van der Waals surface area contributed by atoms with Crippen LogP contribution in [0.3, 0.4) is 0 Å². The maximum atomic E-state index is 12.5. The van der Waals surface area contributed by atoms with Crippen molar-refractivity contribution in [3.05, 3.63) is 36.7 Å². The van der Waals surface area contributed by atoms with Gasteiger partial charge >= 0.3 is 0 Å². The highest BCUT2D eigenvalue weighted by molar-refractivity contribution is 5.92. The molecule has 0 radical (unpaired) electrons. The number of carbonyl (C=O) groups is 1. The molecule has 1 aliphatic heterocycles. The number of aromatic nitrogens is 2. The summed E-state index contributed by atoms with van der Waals surface area (Å²) in [6, 6.07) is 7.60. The molecule has 0 bridgehead atoms. The summed E-state index contributed by atoms with van der Waals surface area (Å²) in [5.41, 5.74) is 0.670. The number of hydrogen-bond donors (Lipinski definition) is 1. The van der Waals surface area contributed by atoms with Crippen LogP contribution in [0.5, 0.6) is 11.5 Å². The number of nitrogens with zero attached hydrogens (tertiary/aromatic N) is 3. The van der Waals surface area contributed by atoms with E-state index in [4.69, 9.17) is 9.47 Å². The Labute approximate surface area is 147 Å². The Morgan fingerprint density at radius 3 is 2.68 bits per heavy atom. The Morgan fingerprint density at radius 1 is 1.28 bits per heavy atom. The molecule has 7 nitrogen and oxygen atoms in total. The third kappa shape index (κ3) is 4.51. The van der Waals surface area contributed by atoms with Crippen LogP contribution in [0.1, 0.15) is 12.8 Å². The van der Waals surface area contributed by atoms with Crippen LogP contribution in [0.25, 0.3) is 0 Å². The van der Waals surface area contributed by atoms with E-state index >= 15 is 0 Å². The maximum Gasteiger partial charge on any atom is 0.238 e. The fourth-order valence-corrected chi connectivity index (χ4v) is 3.20. The van der Waals surface area contributed by atoms with Crippen LogP contribution in [-0.4, -0.2) is 53.9 Å². The van der Waals surface area contributed by atoms with Crippen LogP contribution >= 0.6 is 0 Å². The molecule has 1 aromatic carbocycles. The van der Waals surface area contributed by atoms with Crippen LogP contribution < -0.4 is 14.8 Å². The molecule has 134 valence electrons. The van der Waals surface area contributed by atoms with Crippen molar-refractivity contribution in [3.63, 3.8) is 0 Å². The third-order valence-corrected chi connectivity index (χ3v) is 4.44. The summed E-state index contributed by atoms with van der Waals surface area (Å²) in [4.78, 5) is 14.7. The van der Waals surface area contributed by atoms with Gasteiger partial charge < -0.3 is 14.8 Å². The highest BCUT2D eigenvalue weighted by Crippen LogP contribution is 2.26. The van der Waals surface area contributed by atoms with Gasteiger partial charge in [-0.05, 0) is 25.5 Å². The van der Waals surface area contributed by atoms with Crippen LogP contribution in [0.4, 0.5) is 5.69 Å². The SMILES string of the molecule is COc1cc(NC(=O)CN2CCC[C@@H]2Cn2cccn2)cc(OC)c1. The van der Waals surface area contributed by atoms with Gasteiger partial charge in [-0.3, -0.25) is 14.4 Å². The first-order valence-corrected chi connectivity index (χ1v) is 8.42. The molecule has 2 aromatic rings. The van der Waals surface area contributed by atoms with Crippen LogP contribution in [0.15, 0.2) is 36.7 Å². The summed E-state index contributed by atoms with van der Waals surface area (Å²) >= 11 is 0. The van der Waals surface area contributed by atoms with Gasteiger partial charge in [0.05, 0.1) is 27.3 Å². The molecule has 1 saturated heterocycles. The molecule has 1 amide bonds. The molecule has 7 heteroatoms. The average Bonchev–Trinajstić information content (AvgIpc) is 3.27. The first kappa shape index (κ1) is 17.3. The van der Waals surface area contributed by atoms with Gasteiger partial charge in [-0.15, -0.1) is 0 Å². The fraction of sp³-hybridized carbons (Fsp3) is 0.444. The Kier molecular flexibility index (Phi) is 5.55. The zero-order valence-electron chi connectivity index (χ0n) is 14.6. The van der Waals surface area contributed by atoms with Crippen molar-refractivity contribution >= 4 is 11.6 Å². The number of methoxy groups -OCH3 is 2. The normalized spacial score (nSPS) is 17.4. The minimum Gasteiger partial charge on any atom is -0.497 e. The maximum absolute atomic E-state index is 12.5. The predicted octanol–water partition coefficient (Wildman–Crippen LogP) is 2.00. The van der Waals surface area contributed by atoms with Gasteiger partial charge in [0.25, 0.3) is 0 Å². The van der Waals surface area contributed by atoms with E-state index in [1.807, 2.05) is 16.9 Å². The van der Waals surface area contributed by atoms with E-state index in [1.165, 1.54) is 0 Å². The Bertz CT molecular complexity index is 680. The number of anilines is 1. The number of rotatable bonds is 7. The molecular formula is C18H24N4O3. The number of carbonyl (C=O) groups excluding carboxylic acids is 1. The van der Waals surface area contributed by atoms with Crippen molar-refractivity contribution < 1.29 is 14.3 Å². The van der Waals surface area contributed by atoms with Crippen LogP contribution in [0, 0.1) is 0 Å².